The first-order valence-corrected chi connectivity index (χ1v) is 6.81. The van der Waals surface area contributed by atoms with Gasteiger partial charge in [0.1, 0.15) is 0 Å². The maximum Gasteiger partial charge on any atom is 0.0719 e. The average molecular weight is 296 g/mol. The molecule has 78 valence electrons. The summed E-state index contributed by atoms with van der Waals surface area (Å²) in [5, 5.41) is 0. The molecule has 0 aromatic carbocycles. The molecule has 1 fully saturated rings. The first kappa shape index (κ1) is 11.8. The van der Waals surface area contributed by atoms with Gasteiger partial charge in [0.15, 0.2) is 0 Å². The molecule has 0 radical (unpaired) electrons. The third kappa shape index (κ3) is 3.74. The Balaban J connectivity index is 2.42. The molecule has 0 N–H and O–H groups in total. The van der Waals surface area contributed by atoms with E-state index < -0.39 is 0 Å². The summed E-state index contributed by atoms with van der Waals surface area (Å²) in [6.07, 6.45) is 5.87. The summed E-state index contributed by atoms with van der Waals surface area (Å²) < 4.78 is 7.21. The molecule has 0 heterocycles. The Labute approximate surface area is 95.8 Å². The molecule has 2 heteroatoms. The maximum atomic E-state index is 6.13. The zero-order chi connectivity index (χ0) is 9.90. The first-order valence-electron chi connectivity index (χ1n) is 5.29. The fraction of sp³-hybridized carbons (Fsp3) is 1.00. The zero-order valence-electron chi connectivity index (χ0n) is 8.98. The normalized spacial score (nSPS) is 30.5. The van der Waals surface area contributed by atoms with Gasteiger partial charge in [-0.15, -0.1) is 0 Å². The number of hydrogen-bond acceptors (Lipinski definition) is 1. The van der Waals surface area contributed by atoms with Gasteiger partial charge >= 0.3 is 0 Å². The summed E-state index contributed by atoms with van der Waals surface area (Å²) in [5.74, 6) is 0.760. The van der Waals surface area contributed by atoms with Crippen molar-refractivity contribution < 1.29 is 4.74 Å². The Bertz CT molecular complexity index is 156. The third-order valence-electron chi connectivity index (χ3n) is 2.83. The molecule has 2 atom stereocenters. The first-order chi connectivity index (χ1) is 6.05. The van der Waals surface area contributed by atoms with E-state index in [0.717, 1.165) is 10.3 Å². The Kier molecular flexibility index (Phi) is 4.49. The highest BCUT2D eigenvalue weighted by Gasteiger charge is 2.28. The topological polar surface area (TPSA) is 9.23 Å². The van der Waals surface area contributed by atoms with Crippen molar-refractivity contribution in [2.45, 2.75) is 58.2 Å². The fourth-order valence-electron chi connectivity index (χ4n) is 1.90. The highest BCUT2D eigenvalue weighted by atomic mass is 127. The molecule has 0 aromatic heterocycles. The van der Waals surface area contributed by atoms with Crippen LogP contribution in [0.4, 0.5) is 0 Å². The summed E-state index contributed by atoms with van der Waals surface area (Å²) >= 11 is 2.41. The highest BCUT2D eigenvalue weighted by molar-refractivity contribution is 14.1. The number of hydrogen-bond donors (Lipinski definition) is 0. The van der Waals surface area contributed by atoms with Gasteiger partial charge in [0.25, 0.3) is 0 Å². The number of ether oxygens (including phenoxy) is 1. The second-order valence-electron chi connectivity index (χ2n) is 4.81. The quantitative estimate of drug-likeness (QED) is 0.568. The standard InChI is InChI=1S/C11H21IO/c1-9-6-4-5-7-10(9)13-11(2,3)8-12/h9-10H,4-8H2,1-3H3. The smallest absolute Gasteiger partial charge is 0.0719 e. The summed E-state index contributed by atoms with van der Waals surface area (Å²) in [4.78, 5) is 0. The van der Waals surface area contributed by atoms with Gasteiger partial charge in [0, 0.05) is 4.43 Å². The van der Waals surface area contributed by atoms with Crippen molar-refractivity contribution in [3.8, 4) is 0 Å². The predicted molar refractivity (Wildman–Crippen MR) is 65.5 cm³/mol. The molecule has 13 heavy (non-hydrogen) atoms. The van der Waals surface area contributed by atoms with Crippen LogP contribution < -0.4 is 0 Å². The second-order valence-corrected chi connectivity index (χ2v) is 5.57. The molecular weight excluding hydrogens is 275 g/mol. The van der Waals surface area contributed by atoms with Crippen molar-refractivity contribution in [1.82, 2.24) is 0 Å². The Morgan fingerprint density at radius 1 is 1.31 bits per heavy atom. The van der Waals surface area contributed by atoms with Crippen molar-refractivity contribution in [3.05, 3.63) is 0 Å². The minimum Gasteiger partial charge on any atom is -0.371 e. The fourth-order valence-corrected chi connectivity index (χ4v) is 2.08. The van der Waals surface area contributed by atoms with E-state index in [9.17, 15) is 0 Å². The van der Waals surface area contributed by atoms with E-state index in [0.29, 0.717) is 6.10 Å². The zero-order valence-corrected chi connectivity index (χ0v) is 11.1. The lowest BCUT2D eigenvalue weighted by Crippen LogP contribution is -2.36. The van der Waals surface area contributed by atoms with Crippen LogP contribution in [0.1, 0.15) is 46.5 Å². The van der Waals surface area contributed by atoms with Gasteiger partial charge in [0.05, 0.1) is 11.7 Å². The summed E-state index contributed by atoms with van der Waals surface area (Å²) in [6, 6.07) is 0. The van der Waals surface area contributed by atoms with Crippen LogP contribution in [-0.4, -0.2) is 16.1 Å². The van der Waals surface area contributed by atoms with Crippen LogP contribution in [0, 0.1) is 5.92 Å². The van der Waals surface area contributed by atoms with Crippen molar-refractivity contribution in [1.29, 1.82) is 0 Å². The van der Waals surface area contributed by atoms with Crippen LogP contribution in [0.2, 0.25) is 0 Å². The molecule has 0 amide bonds. The van der Waals surface area contributed by atoms with E-state index >= 15 is 0 Å². The van der Waals surface area contributed by atoms with Crippen LogP contribution >= 0.6 is 22.6 Å². The van der Waals surface area contributed by atoms with Crippen molar-refractivity contribution in [3.63, 3.8) is 0 Å². The molecular formula is C11H21IO. The van der Waals surface area contributed by atoms with Crippen LogP contribution in [0.3, 0.4) is 0 Å². The molecule has 2 unspecified atom stereocenters. The minimum absolute atomic E-state index is 0.0663. The molecule has 1 aliphatic carbocycles. The largest absolute Gasteiger partial charge is 0.371 e. The third-order valence-corrected chi connectivity index (χ3v) is 4.66. The highest BCUT2D eigenvalue weighted by Crippen LogP contribution is 2.30. The lowest BCUT2D eigenvalue weighted by Gasteiger charge is -2.35. The average Bonchev–Trinajstić information content (AvgIpc) is 2.09. The molecule has 0 bridgehead atoms. The van der Waals surface area contributed by atoms with E-state index in [1.54, 1.807) is 0 Å². The Morgan fingerprint density at radius 3 is 2.46 bits per heavy atom. The molecule has 1 aliphatic rings. The van der Waals surface area contributed by atoms with Crippen molar-refractivity contribution in [2.75, 3.05) is 4.43 Å². The Morgan fingerprint density at radius 2 is 1.92 bits per heavy atom. The van der Waals surface area contributed by atoms with Gasteiger partial charge in [-0.05, 0) is 32.6 Å². The number of alkyl halides is 1. The van der Waals surface area contributed by atoms with Crippen molar-refractivity contribution in [2.24, 2.45) is 5.92 Å². The molecule has 0 aliphatic heterocycles. The van der Waals surface area contributed by atoms with E-state index in [1.807, 2.05) is 0 Å². The van der Waals surface area contributed by atoms with Gasteiger partial charge in [-0.25, -0.2) is 0 Å². The van der Waals surface area contributed by atoms with Gasteiger partial charge < -0.3 is 4.74 Å². The molecule has 0 spiro atoms. The van der Waals surface area contributed by atoms with Crippen LogP contribution in [0.15, 0.2) is 0 Å². The lowest BCUT2D eigenvalue weighted by molar-refractivity contribution is -0.0906. The maximum absolute atomic E-state index is 6.13. The van der Waals surface area contributed by atoms with E-state index in [2.05, 4.69) is 43.4 Å². The second kappa shape index (κ2) is 4.96. The van der Waals surface area contributed by atoms with Gasteiger partial charge in [0.2, 0.25) is 0 Å². The van der Waals surface area contributed by atoms with Crippen LogP contribution in [-0.2, 0) is 4.74 Å². The summed E-state index contributed by atoms with van der Waals surface area (Å²) in [6.45, 7) is 6.72. The van der Waals surface area contributed by atoms with Gasteiger partial charge in [-0.3, -0.25) is 0 Å². The van der Waals surface area contributed by atoms with Gasteiger partial charge in [-0.2, -0.15) is 0 Å². The lowest BCUT2D eigenvalue weighted by atomic mass is 9.87. The van der Waals surface area contributed by atoms with Gasteiger partial charge in [-0.1, -0.05) is 42.4 Å². The van der Waals surface area contributed by atoms with E-state index in [-0.39, 0.29) is 5.60 Å². The summed E-state index contributed by atoms with van der Waals surface area (Å²) in [5.41, 5.74) is 0.0663. The Hall–Kier alpha value is 0.690. The van der Waals surface area contributed by atoms with Crippen LogP contribution in [0.25, 0.3) is 0 Å². The molecule has 1 rings (SSSR count). The monoisotopic (exact) mass is 296 g/mol. The SMILES string of the molecule is CC1CCCCC1OC(C)(C)CI. The number of halogens is 1. The van der Waals surface area contributed by atoms with Crippen molar-refractivity contribution >= 4 is 22.6 Å². The van der Waals surface area contributed by atoms with Crippen LogP contribution in [0.5, 0.6) is 0 Å². The minimum atomic E-state index is 0.0663. The van der Waals surface area contributed by atoms with E-state index in [4.69, 9.17) is 4.74 Å². The molecule has 0 saturated heterocycles. The van der Waals surface area contributed by atoms with E-state index in [1.165, 1.54) is 25.7 Å². The number of rotatable bonds is 3. The molecule has 0 aromatic rings. The predicted octanol–water partition coefficient (Wildman–Crippen LogP) is 3.80. The molecule has 1 nitrogen and oxygen atoms in total. The molecule has 1 saturated carbocycles. The summed E-state index contributed by atoms with van der Waals surface area (Å²) in [7, 11) is 0.